The summed E-state index contributed by atoms with van der Waals surface area (Å²) in [5.74, 6) is 0. The number of hydrogen-bond acceptors (Lipinski definition) is 0. The zero-order valence-electron chi connectivity index (χ0n) is 16.9. The summed E-state index contributed by atoms with van der Waals surface area (Å²) >= 11 is -2.40. The summed E-state index contributed by atoms with van der Waals surface area (Å²) in [5, 5.41) is 0. The van der Waals surface area contributed by atoms with Gasteiger partial charge in [-0.3, -0.25) is 0 Å². The first-order chi connectivity index (χ1) is 12.2. The van der Waals surface area contributed by atoms with Crippen LogP contribution in [0.15, 0.2) is 46.1 Å². The van der Waals surface area contributed by atoms with Gasteiger partial charge in [0.2, 0.25) is 0 Å². The molecule has 25 heavy (non-hydrogen) atoms. The van der Waals surface area contributed by atoms with Crippen LogP contribution in [0.25, 0.3) is 5.57 Å². The molecule has 1 aromatic rings. The van der Waals surface area contributed by atoms with Crippen molar-refractivity contribution in [2.75, 3.05) is 0 Å². The predicted molar refractivity (Wildman–Crippen MR) is 117 cm³/mol. The normalized spacial score (nSPS) is 13.8. The van der Waals surface area contributed by atoms with Crippen LogP contribution in [0.1, 0.15) is 77.7 Å². The van der Waals surface area contributed by atoms with Gasteiger partial charge in [-0.15, -0.1) is 0 Å². The van der Waals surface area contributed by atoms with Crippen molar-refractivity contribution < 1.29 is 0 Å². The molecular weight excluding hydrogens is 407 g/mol. The summed E-state index contributed by atoms with van der Waals surface area (Å²) in [4.78, 5) is 0. The Morgan fingerprint density at radius 1 is 0.840 bits per heavy atom. The fourth-order valence-electron chi connectivity index (χ4n) is 4.15. The molecule has 0 heterocycles. The van der Waals surface area contributed by atoms with E-state index in [1.165, 1.54) is 70.2 Å². The number of unbranched alkanes of at least 4 members (excludes halogenated alkanes) is 3. The van der Waals surface area contributed by atoms with E-state index < -0.39 is 18.4 Å². The third-order valence-electron chi connectivity index (χ3n) is 5.88. The molecule has 0 saturated heterocycles. The van der Waals surface area contributed by atoms with E-state index in [0.29, 0.717) is 0 Å². The molecule has 1 aliphatic rings. The van der Waals surface area contributed by atoms with Gasteiger partial charge in [-0.05, 0) is 0 Å². The maximum absolute atomic E-state index is 4.86. The number of benzene rings is 1. The van der Waals surface area contributed by atoms with Crippen molar-refractivity contribution in [2.45, 2.75) is 85.4 Å². The molecule has 2 rings (SSSR count). The Labute approximate surface area is 160 Å². The molecule has 1 heteroatoms. The second kappa shape index (κ2) is 10.6. The average Bonchev–Trinajstić information content (AvgIpc) is 3.47. The molecule has 1 aromatic carbocycles. The van der Waals surface area contributed by atoms with Crippen molar-refractivity contribution in [3.05, 3.63) is 51.6 Å². The standard InChI is InChI=1S/C12H11.3C4H9.Sn/c1-2-12(11-8-9-11)10-6-4-3-5-7-10;3*1-3-4-2;/h3-7H,1,8-9H2;3*1,3-4H2,2H3;. The van der Waals surface area contributed by atoms with E-state index in [9.17, 15) is 0 Å². The minimum atomic E-state index is -2.40. The van der Waals surface area contributed by atoms with Gasteiger partial charge in [-0.25, -0.2) is 0 Å². The molecule has 1 saturated carbocycles. The topological polar surface area (TPSA) is 0 Å². The van der Waals surface area contributed by atoms with E-state index in [1.54, 1.807) is 14.7 Å². The van der Waals surface area contributed by atoms with Crippen LogP contribution in [0.4, 0.5) is 0 Å². The molecular formula is C24H38Sn. The molecule has 0 N–H and O–H groups in total. The Kier molecular flexibility index (Phi) is 8.82. The molecule has 0 aliphatic heterocycles. The fourth-order valence-corrected chi connectivity index (χ4v) is 20.1. The maximum atomic E-state index is 4.86. The third-order valence-corrected chi connectivity index (χ3v) is 21.5. The summed E-state index contributed by atoms with van der Waals surface area (Å²) in [6.07, 6.45) is 10.9. The summed E-state index contributed by atoms with van der Waals surface area (Å²) in [7, 11) is 0. The molecule has 0 radical (unpaired) electrons. The van der Waals surface area contributed by atoms with Gasteiger partial charge in [0.15, 0.2) is 0 Å². The molecule has 1 aliphatic carbocycles. The first-order valence-corrected chi connectivity index (χ1v) is 18.1. The molecule has 138 valence electrons. The molecule has 0 nitrogen and oxygen atoms in total. The van der Waals surface area contributed by atoms with E-state index in [2.05, 4.69) is 51.1 Å². The van der Waals surface area contributed by atoms with Crippen molar-refractivity contribution in [3.8, 4) is 0 Å². The van der Waals surface area contributed by atoms with E-state index in [4.69, 9.17) is 6.58 Å². The van der Waals surface area contributed by atoms with Crippen LogP contribution in [0.2, 0.25) is 13.3 Å². The molecule has 0 amide bonds. The monoisotopic (exact) mass is 446 g/mol. The average molecular weight is 445 g/mol. The van der Waals surface area contributed by atoms with Gasteiger partial charge in [0.1, 0.15) is 0 Å². The van der Waals surface area contributed by atoms with E-state index in [1.807, 2.05) is 0 Å². The van der Waals surface area contributed by atoms with Gasteiger partial charge in [0.25, 0.3) is 0 Å². The van der Waals surface area contributed by atoms with Crippen molar-refractivity contribution in [2.24, 2.45) is 0 Å². The zero-order chi connectivity index (χ0) is 18.1. The van der Waals surface area contributed by atoms with Crippen LogP contribution in [0, 0.1) is 0 Å². The van der Waals surface area contributed by atoms with Gasteiger partial charge in [0, 0.05) is 0 Å². The Hall–Kier alpha value is -0.501. The van der Waals surface area contributed by atoms with E-state index >= 15 is 0 Å². The minimum absolute atomic E-state index is 1.31. The molecule has 0 aromatic heterocycles. The Bertz CT molecular complexity index is 539. The predicted octanol–water partition coefficient (Wildman–Crippen LogP) is 8.18. The van der Waals surface area contributed by atoms with Gasteiger partial charge >= 0.3 is 161 Å². The van der Waals surface area contributed by atoms with Crippen LogP contribution in [0.5, 0.6) is 0 Å². The summed E-state index contributed by atoms with van der Waals surface area (Å²) in [6, 6.07) is 11.2. The van der Waals surface area contributed by atoms with Gasteiger partial charge in [-0.2, -0.15) is 0 Å². The van der Waals surface area contributed by atoms with Gasteiger partial charge in [-0.1, -0.05) is 0 Å². The van der Waals surface area contributed by atoms with Crippen LogP contribution >= 0.6 is 0 Å². The summed E-state index contributed by atoms with van der Waals surface area (Å²) in [5.41, 5.74) is 4.76. The Morgan fingerprint density at radius 2 is 1.32 bits per heavy atom. The Balaban J connectivity index is 2.38. The molecule has 0 unspecified atom stereocenters. The van der Waals surface area contributed by atoms with E-state index in [0.717, 1.165) is 0 Å². The molecule has 0 atom stereocenters. The fraction of sp³-hybridized carbons (Fsp3) is 0.583. The van der Waals surface area contributed by atoms with Gasteiger partial charge in [0.05, 0.1) is 0 Å². The van der Waals surface area contributed by atoms with Crippen LogP contribution in [0.3, 0.4) is 0 Å². The Morgan fingerprint density at radius 3 is 1.72 bits per heavy atom. The van der Waals surface area contributed by atoms with Crippen molar-refractivity contribution in [1.82, 2.24) is 0 Å². The number of allylic oxidation sites excluding steroid dienone is 3. The number of hydrogen-bond donors (Lipinski definition) is 0. The second-order valence-electron chi connectivity index (χ2n) is 7.91. The van der Waals surface area contributed by atoms with Crippen LogP contribution in [-0.2, 0) is 0 Å². The van der Waals surface area contributed by atoms with Crippen molar-refractivity contribution in [1.29, 1.82) is 0 Å². The quantitative estimate of drug-likeness (QED) is 0.285. The first kappa shape index (κ1) is 20.8. The second-order valence-corrected chi connectivity index (χ2v) is 21.2. The van der Waals surface area contributed by atoms with Crippen LogP contribution < -0.4 is 0 Å². The molecule has 1 fully saturated rings. The van der Waals surface area contributed by atoms with Crippen molar-refractivity contribution in [3.63, 3.8) is 0 Å². The first-order valence-electron chi connectivity index (χ1n) is 10.7. The van der Waals surface area contributed by atoms with Gasteiger partial charge < -0.3 is 0 Å². The molecule has 0 spiro atoms. The molecule has 0 bridgehead atoms. The van der Waals surface area contributed by atoms with Crippen molar-refractivity contribution >= 4 is 24.0 Å². The van der Waals surface area contributed by atoms with E-state index in [-0.39, 0.29) is 0 Å². The third kappa shape index (κ3) is 5.74. The summed E-state index contributed by atoms with van der Waals surface area (Å²) < 4.78 is 6.23. The number of rotatable bonds is 12. The van der Waals surface area contributed by atoms with Crippen LogP contribution in [-0.4, -0.2) is 18.4 Å². The summed E-state index contributed by atoms with van der Waals surface area (Å²) in [6.45, 7) is 11.9. The SMILES string of the molecule is C=[C](C(=C1CC1)c1ccccc1)[Sn]([CH2]CCC)([CH2]CCC)[CH2]CCC. The zero-order valence-corrected chi connectivity index (χ0v) is 19.7.